The zero-order chi connectivity index (χ0) is 14.4. The van der Waals surface area contributed by atoms with Gasteiger partial charge in [-0.2, -0.15) is 0 Å². The molecule has 0 atom stereocenters. The Labute approximate surface area is 119 Å². The molecule has 0 radical (unpaired) electrons. The molecule has 0 aliphatic carbocycles. The number of aromatic amines is 1. The first kappa shape index (κ1) is 14.2. The molecule has 2 N–H and O–H groups in total. The maximum Gasteiger partial charge on any atom is 0.223 e. The van der Waals surface area contributed by atoms with E-state index in [0.29, 0.717) is 19.6 Å². The molecule has 1 amide bonds. The Morgan fingerprint density at radius 3 is 2.65 bits per heavy atom. The summed E-state index contributed by atoms with van der Waals surface area (Å²) in [5.74, 6) is 0.789. The van der Waals surface area contributed by atoms with Crippen LogP contribution in [0.4, 0.5) is 0 Å². The molecule has 0 saturated heterocycles. The largest absolute Gasteiger partial charge is 0.493 e. The molecule has 2 aromatic rings. The molecule has 0 aliphatic rings. The van der Waals surface area contributed by atoms with E-state index < -0.39 is 0 Å². The Hall–Kier alpha value is -2.23. The van der Waals surface area contributed by atoms with Crippen molar-refractivity contribution in [1.82, 2.24) is 10.3 Å². The lowest BCUT2D eigenvalue weighted by Crippen LogP contribution is -2.24. The number of carbonyl (C=O) groups excluding carboxylic acids is 1. The Kier molecular flexibility index (Phi) is 4.82. The third kappa shape index (κ3) is 4.16. The summed E-state index contributed by atoms with van der Waals surface area (Å²) < 4.78 is 5.49. The number of carbonyl (C=O) groups is 1. The molecular formula is C16H20N2O2. The molecule has 20 heavy (non-hydrogen) atoms. The molecule has 4 heteroatoms. The lowest BCUT2D eigenvalue weighted by molar-refractivity contribution is -0.121. The van der Waals surface area contributed by atoms with Crippen LogP contribution in [-0.2, 0) is 11.3 Å². The van der Waals surface area contributed by atoms with Gasteiger partial charge in [0.05, 0.1) is 13.0 Å². The van der Waals surface area contributed by atoms with Crippen LogP contribution in [0.5, 0.6) is 5.75 Å². The summed E-state index contributed by atoms with van der Waals surface area (Å²) in [4.78, 5) is 14.9. The molecule has 106 valence electrons. The monoisotopic (exact) mass is 272 g/mol. The van der Waals surface area contributed by atoms with Crippen LogP contribution in [0.3, 0.4) is 0 Å². The second kappa shape index (κ2) is 6.80. The van der Waals surface area contributed by atoms with Gasteiger partial charge in [0.1, 0.15) is 5.75 Å². The summed E-state index contributed by atoms with van der Waals surface area (Å²) in [6.07, 6.45) is 0.358. The third-order valence-corrected chi connectivity index (χ3v) is 3.07. The highest BCUT2D eigenvalue weighted by molar-refractivity contribution is 5.76. The Morgan fingerprint density at radius 2 is 2.00 bits per heavy atom. The quantitative estimate of drug-likeness (QED) is 0.849. The molecule has 1 heterocycles. The molecule has 0 unspecified atom stereocenters. The first-order valence-corrected chi connectivity index (χ1v) is 6.75. The average molecular weight is 272 g/mol. The van der Waals surface area contributed by atoms with Gasteiger partial charge in [-0.1, -0.05) is 18.2 Å². The van der Waals surface area contributed by atoms with Crippen molar-refractivity contribution in [3.8, 4) is 5.75 Å². The molecule has 1 aromatic heterocycles. The average Bonchev–Trinajstić information content (AvgIpc) is 2.76. The number of hydrogen-bond acceptors (Lipinski definition) is 2. The lowest BCUT2D eigenvalue weighted by Gasteiger charge is -2.07. The molecule has 0 aliphatic heterocycles. The fraction of sp³-hybridized carbons (Fsp3) is 0.312. The van der Waals surface area contributed by atoms with Crippen LogP contribution in [0, 0.1) is 13.8 Å². The molecule has 0 spiro atoms. The zero-order valence-corrected chi connectivity index (χ0v) is 11.9. The topological polar surface area (TPSA) is 54.1 Å². The van der Waals surface area contributed by atoms with Gasteiger partial charge in [0.15, 0.2) is 0 Å². The van der Waals surface area contributed by atoms with E-state index in [-0.39, 0.29) is 5.91 Å². The van der Waals surface area contributed by atoms with E-state index in [2.05, 4.69) is 16.4 Å². The minimum Gasteiger partial charge on any atom is -0.493 e. The molecule has 0 fully saturated rings. The number of H-pyrrole nitrogens is 1. The molecule has 2 rings (SSSR count). The fourth-order valence-corrected chi connectivity index (χ4v) is 2.03. The maximum absolute atomic E-state index is 11.7. The van der Waals surface area contributed by atoms with Crippen LogP contribution in [0.25, 0.3) is 0 Å². The lowest BCUT2D eigenvalue weighted by atomic mass is 10.2. The highest BCUT2D eigenvalue weighted by atomic mass is 16.5. The summed E-state index contributed by atoms with van der Waals surface area (Å²) in [6.45, 7) is 4.96. The van der Waals surface area contributed by atoms with Gasteiger partial charge in [0.2, 0.25) is 5.91 Å². The van der Waals surface area contributed by atoms with Crippen molar-refractivity contribution in [3.05, 3.63) is 53.3 Å². The predicted molar refractivity (Wildman–Crippen MR) is 78.7 cm³/mol. The number of aromatic nitrogens is 1. The van der Waals surface area contributed by atoms with Crippen LogP contribution in [0.1, 0.15) is 23.4 Å². The zero-order valence-electron chi connectivity index (χ0n) is 11.9. The fourth-order valence-electron chi connectivity index (χ4n) is 2.03. The third-order valence-electron chi connectivity index (χ3n) is 3.07. The van der Waals surface area contributed by atoms with E-state index in [4.69, 9.17) is 4.74 Å². The van der Waals surface area contributed by atoms with E-state index in [1.165, 1.54) is 0 Å². The van der Waals surface area contributed by atoms with Gasteiger partial charge in [0.25, 0.3) is 0 Å². The van der Waals surface area contributed by atoms with Gasteiger partial charge in [-0.3, -0.25) is 4.79 Å². The summed E-state index contributed by atoms with van der Waals surface area (Å²) in [5.41, 5.74) is 3.34. The summed E-state index contributed by atoms with van der Waals surface area (Å²) in [7, 11) is 0. The van der Waals surface area contributed by atoms with E-state index in [1.807, 2.05) is 44.2 Å². The summed E-state index contributed by atoms with van der Waals surface area (Å²) >= 11 is 0. The van der Waals surface area contributed by atoms with Crippen LogP contribution in [-0.4, -0.2) is 17.5 Å². The van der Waals surface area contributed by atoms with Crippen LogP contribution in [0.2, 0.25) is 0 Å². The van der Waals surface area contributed by atoms with Gasteiger partial charge < -0.3 is 15.0 Å². The van der Waals surface area contributed by atoms with Crippen molar-refractivity contribution in [2.24, 2.45) is 0 Å². The van der Waals surface area contributed by atoms with Crippen LogP contribution in [0.15, 0.2) is 36.4 Å². The SMILES string of the molecule is Cc1cc(CNC(=O)CCOc2ccccc2)c(C)[nH]1. The van der Waals surface area contributed by atoms with E-state index >= 15 is 0 Å². The first-order valence-electron chi connectivity index (χ1n) is 6.75. The first-order chi connectivity index (χ1) is 9.65. The molecule has 4 nitrogen and oxygen atoms in total. The minimum atomic E-state index is -0.000755. The van der Waals surface area contributed by atoms with Crippen LogP contribution >= 0.6 is 0 Å². The highest BCUT2D eigenvalue weighted by Gasteiger charge is 2.05. The number of nitrogens with one attached hydrogen (secondary N) is 2. The predicted octanol–water partition coefficient (Wildman–Crippen LogP) is 2.72. The van der Waals surface area contributed by atoms with Gasteiger partial charge in [0, 0.05) is 17.9 Å². The van der Waals surface area contributed by atoms with Gasteiger partial charge in [-0.15, -0.1) is 0 Å². The maximum atomic E-state index is 11.7. The Bertz CT molecular complexity index is 561. The second-order valence-corrected chi connectivity index (χ2v) is 4.79. The van der Waals surface area contributed by atoms with Crippen LogP contribution < -0.4 is 10.1 Å². The highest BCUT2D eigenvalue weighted by Crippen LogP contribution is 2.09. The van der Waals surface area contributed by atoms with Crippen molar-refractivity contribution >= 4 is 5.91 Å². The van der Waals surface area contributed by atoms with Gasteiger partial charge in [-0.25, -0.2) is 0 Å². The summed E-state index contributed by atoms with van der Waals surface area (Å²) in [5, 5.41) is 2.90. The number of aryl methyl sites for hydroxylation is 2. The van der Waals surface area contributed by atoms with E-state index in [1.54, 1.807) is 0 Å². The summed E-state index contributed by atoms with van der Waals surface area (Å²) in [6, 6.07) is 11.6. The standard InChI is InChI=1S/C16H20N2O2/c1-12-10-14(13(2)18-12)11-17-16(19)8-9-20-15-6-4-3-5-7-15/h3-7,10,18H,8-9,11H2,1-2H3,(H,17,19). The Morgan fingerprint density at radius 1 is 1.25 bits per heavy atom. The molecule has 1 aromatic carbocycles. The number of hydrogen-bond donors (Lipinski definition) is 2. The second-order valence-electron chi connectivity index (χ2n) is 4.79. The number of ether oxygens (including phenoxy) is 1. The number of para-hydroxylation sites is 1. The number of rotatable bonds is 6. The van der Waals surface area contributed by atoms with Crippen molar-refractivity contribution in [2.45, 2.75) is 26.8 Å². The normalized spacial score (nSPS) is 10.3. The van der Waals surface area contributed by atoms with Gasteiger partial charge in [-0.05, 0) is 37.6 Å². The smallest absolute Gasteiger partial charge is 0.223 e. The molecule has 0 saturated carbocycles. The minimum absolute atomic E-state index is 0.000755. The molecule has 0 bridgehead atoms. The number of amides is 1. The number of benzene rings is 1. The van der Waals surface area contributed by atoms with E-state index in [0.717, 1.165) is 22.7 Å². The van der Waals surface area contributed by atoms with Crippen molar-refractivity contribution in [3.63, 3.8) is 0 Å². The molecular weight excluding hydrogens is 252 g/mol. The van der Waals surface area contributed by atoms with Crippen molar-refractivity contribution < 1.29 is 9.53 Å². The van der Waals surface area contributed by atoms with Crippen molar-refractivity contribution in [2.75, 3.05) is 6.61 Å². The Balaban J connectivity index is 1.69. The van der Waals surface area contributed by atoms with Gasteiger partial charge >= 0.3 is 0 Å². The van der Waals surface area contributed by atoms with Crippen molar-refractivity contribution in [1.29, 1.82) is 0 Å². The van der Waals surface area contributed by atoms with E-state index in [9.17, 15) is 4.79 Å².